The molecule has 2 unspecified atom stereocenters. The molecule has 1 amide bonds. The maximum atomic E-state index is 10.1. The van der Waals surface area contributed by atoms with Crippen molar-refractivity contribution in [3.63, 3.8) is 0 Å². The monoisotopic (exact) mass is 154 g/mol. The number of carbonyl (C=O) groups excluding carboxylic acids is 1. The van der Waals surface area contributed by atoms with Gasteiger partial charge in [-0.3, -0.25) is 4.79 Å². The first kappa shape index (κ1) is 7.06. The van der Waals surface area contributed by atoms with Gasteiger partial charge < -0.3 is 0 Å². The summed E-state index contributed by atoms with van der Waals surface area (Å²) in [5.41, 5.74) is 3.74. The van der Waals surface area contributed by atoms with Crippen LogP contribution in [0.15, 0.2) is 0 Å². The first-order valence-corrected chi connectivity index (χ1v) is 4.07. The van der Waals surface area contributed by atoms with E-state index >= 15 is 0 Å². The SMILES string of the molecule is O=C[N]N1CCC2CCN1C2. The van der Waals surface area contributed by atoms with Gasteiger partial charge in [0.15, 0.2) is 0 Å². The fraction of sp³-hybridized carbons (Fsp3) is 0.857. The van der Waals surface area contributed by atoms with Crippen molar-refractivity contribution in [3.05, 3.63) is 0 Å². The Labute approximate surface area is 66.1 Å². The Morgan fingerprint density at radius 3 is 3.00 bits per heavy atom. The lowest BCUT2D eigenvalue weighted by atomic mass is 10.1. The molecule has 0 N–H and O–H groups in total. The smallest absolute Gasteiger partial charge is 0.246 e. The van der Waals surface area contributed by atoms with Crippen LogP contribution in [-0.4, -0.2) is 36.2 Å². The van der Waals surface area contributed by atoms with Crippen LogP contribution in [0.1, 0.15) is 12.8 Å². The lowest BCUT2D eigenvalue weighted by molar-refractivity contribution is -0.129. The predicted molar refractivity (Wildman–Crippen MR) is 39.2 cm³/mol. The van der Waals surface area contributed by atoms with Gasteiger partial charge in [-0.05, 0) is 18.8 Å². The molecule has 2 aliphatic rings. The molecular weight excluding hydrogens is 142 g/mol. The van der Waals surface area contributed by atoms with Gasteiger partial charge in [0, 0.05) is 19.6 Å². The molecule has 1 radical (unpaired) electrons. The first-order valence-electron chi connectivity index (χ1n) is 4.07. The maximum absolute atomic E-state index is 10.1. The van der Waals surface area contributed by atoms with Gasteiger partial charge in [0.1, 0.15) is 0 Å². The number of rotatable bonds is 2. The van der Waals surface area contributed by atoms with Crippen molar-refractivity contribution in [2.45, 2.75) is 12.8 Å². The molecule has 0 aromatic rings. The van der Waals surface area contributed by atoms with Crippen LogP contribution < -0.4 is 5.43 Å². The van der Waals surface area contributed by atoms with Crippen molar-refractivity contribution in [2.24, 2.45) is 5.92 Å². The predicted octanol–water partition coefficient (Wildman–Crippen LogP) is -0.395. The molecule has 0 saturated carbocycles. The van der Waals surface area contributed by atoms with Gasteiger partial charge in [-0.25, -0.2) is 5.01 Å². The fourth-order valence-electron chi connectivity index (χ4n) is 1.88. The second kappa shape index (κ2) is 2.79. The molecule has 11 heavy (non-hydrogen) atoms. The minimum atomic E-state index is 0.624. The number of hydrazine groups is 1. The van der Waals surface area contributed by atoms with E-state index in [2.05, 4.69) is 10.4 Å². The molecule has 2 rings (SSSR count). The summed E-state index contributed by atoms with van der Waals surface area (Å²) in [7, 11) is 0. The van der Waals surface area contributed by atoms with Crippen molar-refractivity contribution in [1.29, 1.82) is 0 Å². The fourth-order valence-corrected chi connectivity index (χ4v) is 1.88. The summed E-state index contributed by atoms with van der Waals surface area (Å²) in [6.07, 6.45) is 3.08. The number of hydrogen-bond acceptors (Lipinski definition) is 3. The quantitative estimate of drug-likeness (QED) is 0.508. The Morgan fingerprint density at radius 1 is 1.36 bits per heavy atom. The summed E-state index contributed by atoms with van der Waals surface area (Å²) in [6.45, 7) is 3.09. The summed E-state index contributed by atoms with van der Waals surface area (Å²) in [4.78, 5) is 10.1. The zero-order chi connectivity index (χ0) is 7.68. The largest absolute Gasteiger partial charge is 0.275 e. The number of carbonyl (C=O) groups is 1. The maximum Gasteiger partial charge on any atom is 0.246 e. The van der Waals surface area contributed by atoms with Crippen LogP contribution in [0.3, 0.4) is 0 Å². The second-order valence-electron chi connectivity index (χ2n) is 3.17. The normalized spacial score (nSPS) is 37.1. The molecule has 4 nitrogen and oxygen atoms in total. The number of fused-ring (bicyclic) bond motifs is 2. The summed E-state index contributed by atoms with van der Waals surface area (Å²) < 4.78 is 0. The van der Waals surface area contributed by atoms with Crippen LogP contribution >= 0.6 is 0 Å². The molecule has 2 atom stereocenters. The summed E-state index contributed by atoms with van der Waals surface area (Å²) >= 11 is 0. The Hall–Kier alpha value is -0.610. The average molecular weight is 154 g/mol. The van der Waals surface area contributed by atoms with Crippen LogP contribution in [0, 0.1) is 5.92 Å². The van der Waals surface area contributed by atoms with Gasteiger partial charge in [-0.1, -0.05) is 0 Å². The van der Waals surface area contributed by atoms with Crippen molar-refractivity contribution in [1.82, 2.24) is 15.6 Å². The summed E-state index contributed by atoms with van der Waals surface area (Å²) in [5, 5.41) is 3.96. The van der Waals surface area contributed by atoms with E-state index in [1.807, 2.05) is 0 Å². The minimum Gasteiger partial charge on any atom is -0.275 e. The second-order valence-corrected chi connectivity index (χ2v) is 3.17. The molecular formula is C7H12N3O. The van der Waals surface area contributed by atoms with Crippen LogP contribution in [0.25, 0.3) is 0 Å². The zero-order valence-electron chi connectivity index (χ0n) is 6.44. The Bertz CT molecular complexity index is 162. The topological polar surface area (TPSA) is 37.7 Å². The molecule has 61 valence electrons. The first-order chi connectivity index (χ1) is 5.40. The number of amides is 1. The lowest BCUT2D eigenvalue weighted by Gasteiger charge is -2.32. The van der Waals surface area contributed by atoms with E-state index in [0.29, 0.717) is 6.41 Å². The number of nitrogens with zero attached hydrogens (tertiary/aromatic N) is 3. The molecule has 0 aromatic heterocycles. The highest BCUT2D eigenvalue weighted by atomic mass is 16.1. The van der Waals surface area contributed by atoms with E-state index in [1.54, 1.807) is 5.12 Å². The molecule has 2 fully saturated rings. The average Bonchev–Trinajstić information content (AvgIpc) is 2.40. The van der Waals surface area contributed by atoms with Gasteiger partial charge in [-0.2, -0.15) is 0 Å². The Balaban J connectivity index is 1.95. The van der Waals surface area contributed by atoms with E-state index in [0.717, 1.165) is 25.6 Å². The number of hydrogen-bond donors (Lipinski definition) is 0. The highest BCUT2D eigenvalue weighted by Gasteiger charge is 2.32. The van der Waals surface area contributed by atoms with Crippen LogP contribution in [0.4, 0.5) is 0 Å². The van der Waals surface area contributed by atoms with Crippen molar-refractivity contribution < 1.29 is 4.79 Å². The van der Waals surface area contributed by atoms with Gasteiger partial charge in [-0.15, -0.1) is 10.5 Å². The lowest BCUT2D eigenvalue weighted by Crippen LogP contribution is -2.48. The van der Waals surface area contributed by atoms with Gasteiger partial charge in [0.05, 0.1) is 0 Å². The summed E-state index contributed by atoms with van der Waals surface area (Å²) in [5.74, 6) is 0.855. The van der Waals surface area contributed by atoms with Crippen molar-refractivity contribution in [3.8, 4) is 0 Å². The van der Waals surface area contributed by atoms with E-state index < -0.39 is 0 Å². The molecule has 2 saturated heterocycles. The third kappa shape index (κ3) is 1.23. The van der Waals surface area contributed by atoms with Crippen molar-refractivity contribution >= 4 is 6.41 Å². The molecule has 2 aliphatic heterocycles. The third-order valence-electron chi connectivity index (χ3n) is 2.51. The van der Waals surface area contributed by atoms with Gasteiger partial charge in [0.25, 0.3) is 0 Å². The molecule has 0 spiro atoms. The zero-order valence-corrected chi connectivity index (χ0v) is 6.44. The highest BCUT2D eigenvalue weighted by molar-refractivity contribution is 5.44. The standard InChI is InChI=1S/C7H12N3O/c11-6-8-10-4-2-7-1-3-9(10)5-7/h6-7H,1-5H2. The third-order valence-corrected chi connectivity index (χ3v) is 2.51. The summed E-state index contributed by atoms with van der Waals surface area (Å²) in [6, 6.07) is 0. The Kier molecular flexibility index (Phi) is 1.79. The van der Waals surface area contributed by atoms with E-state index in [9.17, 15) is 4.79 Å². The van der Waals surface area contributed by atoms with Gasteiger partial charge >= 0.3 is 0 Å². The molecule has 0 aromatic carbocycles. The highest BCUT2D eigenvalue weighted by Crippen LogP contribution is 2.25. The van der Waals surface area contributed by atoms with Crippen LogP contribution in [0.5, 0.6) is 0 Å². The van der Waals surface area contributed by atoms with Crippen LogP contribution in [0.2, 0.25) is 0 Å². The van der Waals surface area contributed by atoms with E-state index in [1.165, 1.54) is 12.8 Å². The molecule has 4 heteroatoms. The van der Waals surface area contributed by atoms with Gasteiger partial charge in [0.2, 0.25) is 6.41 Å². The molecule has 2 heterocycles. The van der Waals surface area contributed by atoms with E-state index in [4.69, 9.17) is 0 Å². The molecule has 2 bridgehead atoms. The van der Waals surface area contributed by atoms with Crippen molar-refractivity contribution in [2.75, 3.05) is 19.6 Å². The van der Waals surface area contributed by atoms with Crippen LogP contribution in [-0.2, 0) is 4.79 Å². The Morgan fingerprint density at radius 2 is 2.18 bits per heavy atom. The van der Waals surface area contributed by atoms with E-state index in [-0.39, 0.29) is 0 Å². The minimum absolute atomic E-state index is 0.624. The molecule has 0 aliphatic carbocycles.